The molecular weight excluding hydrogens is 442 g/mol. The van der Waals surface area contributed by atoms with Gasteiger partial charge in [0.2, 0.25) is 5.91 Å². The molecule has 2 aromatic rings. The lowest BCUT2D eigenvalue weighted by Crippen LogP contribution is -2.46. The first-order valence-corrected chi connectivity index (χ1v) is 11.6. The SMILES string of the molecule is Cc1cccc(N2CCN(CCCCNC(=O)CCOc3cccc(Br)c3)CC2)c1. The van der Waals surface area contributed by atoms with Gasteiger partial charge in [0.15, 0.2) is 0 Å². The Morgan fingerprint density at radius 2 is 1.87 bits per heavy atom. The van der Waals surface area contributed by atoms with E-state index in [0.717, 1.165) is 62.3 Å². The van der Waals surface area contributed by atoms with Crippen LogP contribution in [-0.4, -0.2) is 56.7 Å². The van der Waals surface area contributed by atoms with Crippen molar-refractivity contribution >= 4 is 27.5 Å². The minimum absolute atomic E-state index is 0.0526. The van der Waals surface area contributed by atoms with Gasteiger partial charge in [-0.05, 0) is 62.2 Å². The van der Waals surface area contributed by atoms with Crippen molar-refractivity contribution in [3.05, 3.63) is 58.6 Å². The molecule has 6 heteroatoms. The number of aryl methyl sites for hydroxylation is 1. The lowest BCUT2D eigenvalue weighted by atomic mass is 10.2. The lowest BCUT2D eigenvalue weighted by molar-refractivity contribution is -0.121. The van der Waals surface area contributed by atoms with Crippen LogP contribution in [0.3, 0.4) is 0 Å². The lowest BCUT2D eigenvalue weighted by Gasteiger charge is -2.36. The maximum absolute atomic E-state index is 11.9. The van der Waals surface area contributed by atoms with Crippen LogP contribution in [0.4, 0.5) is 5.69 Å². The monoisotopic (exact) mass is 473 g/mol. The Hall–Kier alpha value is -2.05. The summed E-state index contributed by atoms with van der Waals surface area (Å²) < 4.78 is 6.58. The summed E-state index contributed by atoms with van der Waals surface area (Å²) in [6, 6.07) is 16.4. The molecular formula is C24H32BrN3O2. The molecule has 0 aromatic heterocycles. The highest BCUT2D eigenvalue weighted by Gasteiger charge is 2.16. The zero-order valence-corrected chi connectivity index (χ0v) is 19.4. The van der Waals surface area contributed by atoms with Gasteiger partial charge in [-0.2, -0.15) is 0 Å². The first kappa shape index (κ1) is 22.6. The molecule has 0 unspecified atom stereocenters. The summed E-state index contributed by atoms with van der Waals surface area (Å²) in [7, 11) is 0. The van der Waals surface area contributed by atoms with Gasteiger partial charge >= 0.3 is 0 Å². The van der Waals surface area contributed by atoms with E-state index in [4.69, 9.17) is 4.74 Å². The van der Waals surface area contributed by atoms with Crippen LogP contribution in [0.2, 0.25) is 0 Å². The van der Waals surface area contributed by atoms with Gasteiger partial charge in [-0.25, -0.2) is 0 Å². The molecule has 1 N–H and O–H groups in total. The fourth-order valence-corrected chi connectivity index (χ4v) is 4.03. The van der Waals surface area contributed by atoms with Crippen LogP contribution in [0, 0.1) is 6.92 Å². The molecule has 1 aliphatic heterocycles. The standard InChI is InChI=1S/C24H32BrN3O2/c1-20-6-4-8-22(18-20)28-15-13-27(14-16-28)12-3-2-11-26-24(29)10-17-30-23-9-5-7-21(25)19-23/h4-9,18-19H,2-3,10-17H2,1H3,(H,26,29). The number of unbranched alkanes of at least 4 members (excludes halogenated alkanes) is 1. The minimum Gasteiger partial charge on any atom is -0.493 e. The molecule has 1 heterocycles. The van der Waals surface area contributed by atoms with Crippen molar-refractivity contribution < 1.29 is 9.53 Å². The Bertz CT molecular complexity index is 807. The number of nitrogens with zero attached hydrogens (tertiary/aromatic N) is 2. The van der Waals surface area contributed by atoms with Gasteiger partial charge in [-0.3, -0.25) is 9.69 Å². The van der Waals surface area contributed by atoms with Crippen molar-refractivity contribution in [1.82, 2.24) is 10.2 Å². The molecule has 0 atom stereocenters. The van der Waals surface area contributed by atoms with E-state index in [0.29, 0.717) is 13.0 Å². The molecule has 3 rings (SSSR count). The Labute approximate surface area is 188 Å². The summed E-state index contributed by atoms with van der Waals surface area (Å²) in [6.45, 7) is 8.75. The third-order valence-corrected chi connectivity index (χ3v) is 5.85. The first-order valence-electron chi connectivity index (χ1n) is 10.8. The van der Waals surface area contributed by atoms with Gasteiger partial charge in [-0.15, -0.1) is 0 Å². The summed E-state index contributed by atoms with van der Waals surface area (Å²) >= 11 is 3.41. The zero-order chi connectivity index (χ0) is 21.2. The molecule has 1 aliphatic rings. The van der Waals surface area contributed by atoms with E-state index >= 15 is 0 Å². The second-order valence-corrected chi connectivity index (χ2v) is 8.70. The number of hydrogen-bond donors (Lipinski definition) is 1. The molecule has 1 saturated heterocycles. The van der Waals surface area contributed by atoms with E-state index < -0.39 is 0 Å². The summed E-state index contributed by atoms with van der Waals surface area (Å²) in [4.78, 5) is 16.9. The molecule has 0 aliphatic carbocycles. The number of carbonyl (C=O) groups is 1. The van der Waals surface area contributed by atoms with E-state index in [1.807, 2.05) is 24.3 Å². The molecule has 2 aromatic carbocycles. The summed E-state index contributed by atoms with van der Waals surface area (Å²) in [6.07, 6.45) is 2.50. The van der Waals surface area contributed by atoms with E-state index in [9.17, 15) is 4.79 Å². The first-order chi connectivity index (χ1) is 14.6. The number of amides is 1. The topological polar surface area (TPSA) is 44.8 Å². The average molecular weight is 474 g/mol. The highest BCUT2D eigenvalue weighted by molar-refractivity contribution is 9.10. The number of piperazine rings is 1. The quantitative estimate of drug-likeness (QED) is 0.524. The van der Waals surface area contributed by atoms with E-state index in [-0.39, 0.29) is 5.91 Å². The fourth-order valence-electron chi connectivity index (χ4n) is 3.65. The van der Waals surface area contributed by atoms with Crippen LogP contribution in [0.25, 0.3) is 0 Å². The Morgan fingerprint density at radius 1 is 1.07 bits per heavy atom. The summed E-state index contributed by atoms with van der Waals surface area (Å²) in [5.41, 5.74) is 2.65. The third kappa shape index (κ3) is 7.65. The van der Waals surface area contributed by atoms with Crippen molar-refractivity contribution in [3.8, 4) is 5.75 Å². The predicted molar refractivity (Wildman–Crippen MR) is 126 cm³/mol. The maximum Gasteiger partial charge on any atom is 0.223 e. The van der Waals surface area contributed by atoms with E-state index in [1.54, 1.807) is 0 Å². The van der Waals surface area contributed by atoms with Crippen molar-refractivity contribution in [2.24, 2.45) is 0 Å². The summed E-state index contributed by atoms with van der Waals surface area (Å²) in [5.74, 6) is 0.830. The van der Waals surface area contributed by atoms with Crippen molar-refractivity contribution in [1.29, 1.82) is 0 Å². The maximum atomic E-state index is 11.9. The van der Waals surface area contributed by atoms with Crippen molar-refractivity contribution in [3.63, 3.8) is 0 Å². The van der Waals surface area contributed by atoms with Crippen LogP contribution in [-0.2, 0) is 4.79 Å². The third-order valence-electron chi connectivity index (χ3n) is 5.36. The van der Waals surface area contributed by atoms with Gasteiger partial charge in [0, 0.05) is 42.9 Å². The Kier molecular flexibility index (Phi) is 9.02. The fraction of sp³-hybridized carbons (Fsp3) is 0.458. The number of carbonyl (C=O) groups excluding carboxylic acids is 1. The number of nitrogens with one attached hydrogen (secondary N) is 1. The van der Waals surface area contributed by atoms with Crippen LogP contribution in [0.5, 0.6) is 5.75 Å². The van der Waals surface area contributed by atoms with Crippen molar-refractivity contribution in [2.75, 3.05) is 50.8 Å². The normalized spacial score (nSPS) is 14.5. The van der Waals surface area contributed by atoms with Crippen LogP contribution < -0.4 is 15.0 Å². The number of benzene rings is 2. The van der Waals surface area contributed by atoms with Gasteiger partial charge in [-0.1, -0.05) is 34.1 Å². The minimum atomic E-state index is 0.0526. The van der Waals surface area contributed by atoms with E-state index in [1.165, 1.54) is 11.3 Å². The smallest absolute Gasteiger partial charge is 0.223 e. The molecule has 5 nitrogen and oxygen atoms in total. The number of hydrogen-bond acceptors (Lipinski definition) is 4. The Balaban J connectivity index is 1.21. The van der Waals surface area contributed by atoms with Gasteiger partial charge in [0.25, 0.3) is 0 Å². The van der Waals surface area contributed by atoms with Crippen LogP contribution in [0.1, 0.15) is 24.8 Å². The molecule has 0 spiro atoms. The molecule has 162 valence electrons. The molecule has 0 radical (unpaired) electrons. The van der Waals surface area contributed by atoms with Crippen molar-refractivity contribution in [2.45, 2.75) is 26.2 Å². The largest absolute Gasteiger partial charge is 0.493 e. The highest BCUT2D eigenvalue weighted by Crippen LogP contribution is 2.18. The summed E-state index contributed by atoms with van der Waals surface area (Å²) in [5, 5.41) is 3.00. The average Bonchev–Trinajstić information content (AvgIpc) is 2.74. The van der Waals surface area contributed by atoms with Crippen LogP contribution in [0.15, 0.2) is 53.0 Å². The van der Waals surface area contributed by atoms with E-state index in [2.05, 4.69) is 62.2 Å². The molecule has 1 amide bonds. The number of ether oxygens (including phenoxy) is 1. The van der Waals surface area contributed by atoms with Gasteiger partial charge < -0.3 is 15.0 Å². The van der Waals surface area contributed by atoms with Gasteiger partial charge in [0.1, 0.15) is 5.75 Å². The molecule has 0 bridgehead atoms. The number of rotatable bonds is 10. The second-order valence-electron chi connectivity index (χ2n) is 7.78. The molecule has 0 saturated carbocycles. The molecule has 30 heavy (non-hydrogen) atoms. The zero-order valence-electron chi connectivity index (χ0n) is 17.8. The molecule has 1 fully saturated rings. The second kappa shape index (κ2) is 12.0. The van der Waals surface area contributed by atoms with Gasteiger partial charge in [0.05, 0.1) is 13.0 Å². The predicted octanol–water partition coefficient (Wildman–Crippen LogP) is 4.25. The highest BCUT2D eigenvalue weighted by atomic mass is 79.9. The Morgan fingerprint density at radius 3 is 2.63 bits per heavy atom. The number of halogens is 1. The number of anilines is 1. The van der Waals surface area contributed by atoms with Crippen LogP contribution >= 0.6 is 15.9 Å².